The van der Waals surface area contributed by atoms with Crippen LogP contribution in [-0.4, -0.2) is 18.6 Å². The van der Waals surface area contributed by atoms with Gasteiger partial charge in [0.15, 0.2) is 0 Å². The molecule has 0 spiro atoms. The number of benzene rings is 1. The van der Waals surface area contributed by atoms with E-state index >= 15 is 0 Å². The number of piperidine rings is 1. The van der Waals surface area contributed by atoms with Crippen molar-refractivity contribution in [2.45, 2.75) is 24.8 Å². The maximum absolute atomic E-state index is 6.36. The SMILES string of the molecule is NC1(Cc2ccc(Cl)c(Cl)c2)CCNCC1. The van der Waals surface area contributed by atoms with Gasteiger partial charge in [-0.2, -0.15) is 0 Å². The topological polar surface area (TPSA) is 38.0 Å². The van der Waals surface area contributed by atoms with Crippen LogP contribution in [0.1, 0.15) is 18.4 Å². The van der Waals surface area contributed by atoms with Gasteiger partial charge < -0.3 is 11.1 Å². The average Bonchev–Trinajstić information content (AvgIpc) is 2.24. The van der Waals surface area contributed by atoms with Crippen molar-refractivity contribution in [2.75, 3.05) is 13.1 Å². The van der Waals surface area contributed by atoms with Gasteiger partial charge in [0, 0.05) is 5.54 Å². The molecular formula is C12H16Cl2N2. The molecule has 1 aromatic rings. The fourth-order valence-corrected chi connectivity index (χ4v) is 2.48. The molecule has 88 valence electrons. The van der Waals surface area contributed by atoms with E-state index in [0.717, 1.165) is 32.4 Å². The molecule has 0 saturated carbocycles. The predicted molar refractivity (Wildman–Crippen MR) is 69.2 cm³/mol. The van der Waals surface area contributed by atoms with Crippen molar-refractivity contribution in [3.05, 3.63) is 33.8 Å². The monoisotopic (exact) mass is 258 g/mol. The van der Waals surface area contributed by atoms with Crippen molar-refractivity contribution in [1.29, 1.82) is 0 Å². The smallest absolute Gasteiger partial charge is 0.0595 e. The van der Waals surface area contributed by atoms with Crippen molar-refractivity contribution in [3.63, 3.8) is 0 Å². The van der Waals surface area contributed by atoms with Crippen LogP contribution in [0, 0.1) is 0 Å². The van der Waals surface area contributed by atoms with Crippen molar-refractivity contribution in [1.82, 2.24) is 5.32 Å². The zero-order valence-electron chi connectivity index (χ0n) is 9.10. The lowest BCUT2D eigenvalue weighted by Crippen LogP contribution is -2.50. The Morgan fingerprint density at radius 1 is 1.19 bits per heavy atom. The molecule has 1 saturated heterocycles. The third kappa shape index (κ3) is 2.89. The first-order chi connectivity index (χ1) is 7.59. The standard InChI is InChI=1S/C12H16Cl2N2/c13-10-2-1-9(7-11(10)14)8-12(15)3-5-16-6-4-12/h1-2,7,16H,3-6,8,15H2. The van der Waals surface area contributed by atoms with E-state index in [4.69, 9.17) is 28.9 Å². The minimum Gasteiger partial charge on any atom is -0.325 e. The van der Waals surface area contributed by atoms with E-state index in [0.29, 0.717) is 10.0 Å². The summed E-state index contributed by atoms with van der Waals surface area (Å²) in [6, 6.07) is 5.76. The van der Waals surface area contributed by atoms with Crippen LogP contribution >= 0.6 is 23.2 Å². The van der Waals surface area contributed by atoms with Gasteiger partial charge >= 0.3 is 0 Å². The Morgan fingerprint density at radius 2 is 1.88 bits per heavy atom. The predicted octanol–water partition coefficient (Wildman–Crippen LogP) is 2.62. The summed E-state index contributed by atoms with van der Waals surface area (Å²) in [7, 11) is 0. The summed E-state index contributed by atoms with van der Waals surface area (Å²) in [5.41, 5.74) is 7.43. The number of rotatable bonds is 2. The second kappa shape index (κ2) is 4.92. The normalized spacial score (nSPS) is 19.7. The average molecular weight is 259 g/mol. The van der Waals surface area contributed by atoms with Crippen LogP contribution in [0.2, 0.25) is 10.0 Å². The first-order valence-corrected chi connectivity index (χ1v) is 6.28. The Hall–Kier alpha value is -0.280. The van der Waals surface area contributed by atoms with Gasteiger partial charge in [0.25, 0.3) is 0 Å². The van der Waals surface area contributed by atoms with Gasteiger partial charge in [-0.3, -0.25) is 0 Å². The molecule has 0 aliphatic carbocycles. The van der Waals surface area contributed by atoms with E-state index in [1.54, 1.807) is 0 Å². The molecule has 0 aromatic heterocycles. The molecule has 0 radical (unpaired) electrons. The van der Waals surface area contributed by atoms with E-state index in [1.807, 2.05) is 18.2 Å². The molecule has 2 rings (SSSR count). The molecule has 1 aromatic carbocycles. The summed E-state index contributed by atoms with van der Waals surface area (Å²) < 4.78 is 0. The molecular weight excluding hydrogens is 243 g/mol. The molecule has 3 N–H and O–H groups in total. The van der Waals surface area contributed by atoms with Crippen molar-refractivity contribution >= 4 is 23.2 Å². The van der Waals surface area contributed by atoms with Crippen molar-refractivity contribution in [3.8, 4) is 0 Å². The number of hydrogen-bond acceptors (Lipinski definition) is 2. The molecule has 0 amide bonds. The molecule has 1 aliphatic rings. The molecule has 0 unspecified atom stereocenters. The van der Waals surface area contributed by atoms with Gasteiger partial charge in [-0.25, -0.2) is 0 Å². The van der Waals surface area contributed by atoms with Crippen LogP contribution in [0.4, 0.5) is 0 Å². The maximum atomic E-state index is 6.36. The van der Waals surface area contributed by atoms with Crippen LogP contribution in [0.15, 0.2) is 18.2 Å². The highest BCUT2D eigenvalue weighted by molar-refractivity contribution is 6.42. The summed E-state index contributed by atoms with van der Waals surface area (Å²) in [4.78, 5) is 0. The highest BCUT2D eigenvalue weighted by Crippen LogP contribution is 2.26. The van der Waals surface area contributed by atoms with Gasteiger partial charge in [0.1, 0.15) is 0 Å². The Kier molecular flexibility index (Phi) is 3.75. The summed E-state index contributed by atoms with van der Waals surface area (Å²) >= 11 is 11.9. The second-order valence-electron chi connectivity index (χ2n) is 4.54. The van der Waals surface area contributed by atoms with Crippen LogP contribution in [-0.2, 0) is 6.42 Å². The largest absolute Gasteiger partial charge is 0.325 e. The second-order valence-corrected chi connectivity index (χ2v) is 5.35. The molecule has 4 heteroatoms. The van der Waals surface area contributed by atoms with Crippen LogP contribution in [0.25, 0.3) is 0 Å². The minimum absolute atomic E-state index is 0.0948. The highest BCUT2D eigenvalue weighted by atomic mass is 35.5. The summed E-state index contributed by atoms with van der Waals surface area (Å²) in [6.45, 7) is 2.00. The first kappa shape index (κ1) is 12.2. The fraction of sp³-hybridized carbons (Fsp3) is 0.500. The van der Waals surface area contributed by atoms with Gasteiger partial charge in [0.05, 0.1) is 10.0 Å². The minimum atomic E-state index is -0.0948. The van der Waals surface area contributed by atoms with Gasteiger partial charge in [-0.05, 0) is 50.0 Å². The zero-order chi connectivity index (χ0) is 11.6. The number of nitrogens with one attached hydrogen (secondary N) is 1. The molecule has 2 nitrogen and oxygen atoms in total. The third-order valence-corrected chi connectivity index (χ3v) is 3.88. The van der Waals surface area contributed by atoms with E-state index in [1.165, 1.54) is 5.56 Å². The molecule has 16 heavy (non-hydrogen) atoms. The van der Waals surface area contributed by atoms with Crippen LogP contribution in [0.5, 0.6) is 0 Å². The third-order valence-electron chi connectivity index (χ3n) is 3.14. The quantitative estimate of drug-likeness (QED) is 0.856. The number of nitrogens with two attached hydrogens (primary N) is 1. The van der Waals surface area contributed by atoms with Crippen molar-refractivity contribution in [2.24, 2.45) is 5.73 Å². The zero-order valence-corrected chi connectivity index (χ0v) is 10.6. The van der Waals surface area contributed by atoms with Gasteiger partial charge in [-0.1, -0.05) is 29.3 Å². The van der Waals surface area contributed by atoms with Crippen LogP contribution < -0.4 is 11.1 Å². The van der Waals surface area contributed by atoms with E-state index in [2.05, 4.69) is 5.32 Å². The lowest BCUT2D eigenvalue weighted by Gasteiger charge is -2.34. The Bertz CT molecular complexity index is 373. The van der Waals surface area contributed by atoms with Crippen molar-refractivity contribution < 1.29 is 0 Å². The molecule has 1 aliphatic heterocycles. The van der Waals surface area contributed by atoms with Gasteiger partial charge in [0.2, 0.25) is 0 Å². The number of hydrogen-bond donors (Lipinski definition) is 2. The molecule has 1 fully saturated rings. The maximum Gasteiger partial charge on any atom is 0.0595 e. The van der Waals surface area contributed by atoms with E-state index < -0.39 is 0 Å². The Morgan fingerprint density at radius 3 is 2.50 bits per heavy atom. The van der Waals surface area contributed by atoms with Gasteiger partial charge in [-0.15, -0.1) is 0 Å². The van der Waals surface area contributed by atoms with E-state index in [-0.39, 0.29) is 5.54 Å². The fourth-order valence-electron chi connectivity index (χ4n) is 2.16. The summed E-state index contributed by atoms with van der Waals surface area (Å²) in [5.74, 6) is 0. The molecule has 0 bridgehead atoms. The Balaban J connectivity index is 2.10. The lowest BCUT2D eigenvalue weighted by atomic mass is 9.83. The Labute approximate surface area is 106 Å². The molecule has 1 heterocycles. The van der Waals surface area contributed by atoms with Crippen LogP contribution in [0.3, 0.4) is 0 Å². The number of halogens is 2. The summed E-state index contributed by atoms with van der Waals surface area (Å²) in [5, 5.41) is 4.53. The first-order valence-electron chi connectivity index (χ1n) is 5.53. The highest BCUT2D eigenvalue weighted by Gasteiger charge is 2.27. The van der Waals surface area contributed by atoms with E-state index in [9.17, 15) is 0 Å². The molecule has 0 atom stereocenters. The summed E-state index contributed by atoms with van der Waals surface area (Å²) in [6.07, 6.45) is 2.88. The lowest BCUT2D eigenvalue weighted by molar-refractivity contribution is 0.308.